The van der Waals surface area contributed by atoms with Gasteiger partial charge in [0, 0.05) is 36.8 Å². The van der Waals surface area contributed by atoms with E-state index in [4.69, 9.17) is 5.11 Å². The van der Waals surface area contributed by atoms with Gasteiger partial charge in [-0.1, -0.05) is 12.1 Å². The molecule has 1 saturated heterocycles. The zero-order valence-electron chi connectivity index (χ0n) is 19.8. The van der Waals surface area contributed by atoms with Gasteiger partial charge < -0.3 is 10.0 Å². The van der Waals surface area contributed by atoms with E-state index in [0.717, 1.165) is 69.6 Å². The van der Waals surface area contributed by atoms with E-state index in [1.165, 1.54) is 6.07 Å². The number of hydrogen-bond donors (Lipinski definition) is 2. The third-order valence-corrected chi connectivity index (χ3v) is 7.73. The molecule has 2 N–H and O–H groups in total. The quantitative estimate of drug-likeness (QED) is 0.461. The number of carboxylic acid groups (broad SMARTS) is 1. The first kappa shape index (κ1) is 24.3. The van der Waals surface area contributed by atoms with Gasteiger partial charge in [0.05, 0.1) is 5.56 Å². The van der Waals surface area contributed by atoms with E-state index in [1.54, 1.807) is 12.3 Å². The van der Waals surface area contributed by atoms with E-state index < -0.39 is 17.7 Å². The number of benzene rings is 1. The molecule has 0 amide bonds. The number of aromatic nitrogens is 4. The molecule has 2 aromatic heterocycles. The molecule has 5 rings (SSSR count). The van der Waals surface area contributed by atoms with E-state index in [0.29, 0.717) is 28.3 Å². The monoisotopic (exact) mass is 499 g/mol. The number of carbonyl (C=O) groups is 1. The van der Waals surface area contributed by atoms with Gasteiger partial charge in [-0.3, -0.25) is 9.89 Å². The molecule has 10 heteroatoms. The molecule has 1 aliphatic carbocycles. The Morgan fingerprint density at radius 2 is 1.83 bits per heavy atom. The second kappa shape index (κ2) is 9.55. The number of hydrogen-bond acceptors (Lipinski definition) is 5. The molecule has 2 aliphatic rings. The number of aliphatic carboxylic acids is 1. The Kier molecular flexibility index (Phi) is 6.44. The molecule has 0 atom stereocenters. The summed E-state index contributed by atoms with van der Waals surface area (Å²) in [4.78, 5) is 22.2. The first-order valence-corrected chi connectivity index (χ1v) is 12.2. The summed E-state index contributed by atoms with van der Waals surface area (Å²) in [5.41, 5.74) is 0.580. The molecule has 190 valence electrons. The van der Waals surface area contributed by atoms with E-state index in [1.807, 2.05) is 12.1 Å². The van der Waals surface area contributed by atoms with Crippen LogP contribution < -0.4 is 4.90 Å². The number of carboxylic acids is 1. The zero-order valence-corrected chi connectivity index (χ0v) is 19.8. The van der Waals surface area contributed by atoms with Crippen LogP contribution >= 0.6 is 0 Å². The number of piperidine rings is 1. The molecular weight excluding hydrogens is 471 g/mol. The molecule has 3 heterocycles. The maximum absolute atomic E-state index is 13.0. The van der Waals surface area contributed by atoms with Gasteiger partial charge in [-0.15, -0.1) is 0 Å². The molecule has 3 aromatic rings. The normalized spacial score (nSPS) is 18.5. The van der Waals surface area contributed by atoms with E-state index in [2.05, 4.69) is 25.1 Å². The maximum Gasteiger partial charge on any atom is 0.416 e. The summed E-state index contributed by atoms with van der Waals surface area (Å²) in [6, 6.07) is 8.79. The van der Waals surface area contributed by atoms with Crippen molar-refractivity contribution in [2.24, 2.45) is 11.3 Å². The predicted octanol–water partition coefficient (Wildman–Crippen LogP) is 5.80. The highest BCUT2D eigenvalue weighted by Gasteiger charge is 2.38. The number of alkyl halides is 3. The lowest BCUT2D eigenvalue weighted by molar-refractivity contribution is -0.139. The molecule has 0 bridgehead atoms. The lowest BCUT2D eigenvalue weighted by Crippen LogP contribution is -2.42. The molecule has 7 nitrogen and oxygen atoms in total. The summed E-state index contributed by atoms with van der Waals surface area (Å²) in [5.74, 6) is 1.13. The molecule has 1 spiro atoms. The minimum absolute atomic E-state index is 0.264. The van der Waals surface area contributed by atoms with Crippen molar-refractivity contribution in [3.63, 3.8) is 0 Å². The summed E-state index contributed by atoms with van der Waals surface area (Å²) in [5, 5.41) is 15.9. The fourth-order valence-electron chi connectivity index (χ4n) is 5.52. The summed E-state index contributed by atoms with van der Waals surface area (Å²) in [6.45, 7) is 1.83. The van der Waals surface area contributed by atoms with Gasteiger partial charge in [-0.25, -0.2) is 9.97 Å². The summed E-state index contributed by atoms with van der Waals surface area (Å²) >= 11 is 0. The van der Waals surface area contributed by atoms with Crippen LogP contribution in [-0.4, -0.2) is 44.3 Å². The predicted molar refractivity (Wildman–Crippen MR) is 128 cm³/mol. The number of halogens is 3. The average molecular weight is 500 g/mol. The van der Waals surface area contributed by atoms with Crippen LogP contribution in [0.15, 0.2) is 42.6 Å². The van der Waals surface area contributed by atoms with E-state index >= 15 is 0 Å². The highest BCUT2D eigenvalue weighted by Crippen LogP contribution is 2.47. The smallest absolute Gasteiger partial charge is 0.416 e. The maximum atomic E-state index is 13.0. The second-order valence-corrected chi connectivity index (χ2v) is 10.0. The molecule has 36 heavy (non-hydrogen) atoms. The zero-order chi connectivity index (χ0) is 25.3. The SMILES string of the molecule is O=C(O)CC1CCC2(CC1)CCN(c1ccc(-c3n[nH]c(-c4cccc(C(F)(F)F)c4)n3)cn1)CC2. The standard InChI is InChI=1S/C26H28F3N5O2/c27-26(28,29)20-3-1-2-18(15-20)23-31-24(33-32-23)19-4-5-21(30-16-19)34-12-10-25(11-13-34)8-6-17(7-9-25)14-22(35)36/h1-5,15-17H,6-14H2,(H,35,36)(H,31,32,33). The van der Waals surface area contributed by atoms with Crippen LogP contribution in [0.25, 0.3) is 22.8 Å². The van der Waals surface area contributed by atoms with Crippen LogP contribution in [0.1, 0.15) is 50.5 Å². The lowest BCUT2D eigenvalue weighted by Gasteiger charge is -2.46. The van der Waals surface area contributed by atoms with Gasteiger partial charge in [0.1, 0.15) is 5.82 Å². The largest absolute Gasteiger partial charge is 0.481 e. The van der Waals surface area contributed by atoms with Crippen molar-refractivity contribution in [1.29, 1.82) is 0 Å². The number of H-pyrrole nitrogens is 1. The van der Waals surface area contributed by atoms with E-state index in [-0.39, 0.29) is 12.2 Å². The first-order valence-electron chi connectivity index (χ1n) is 12.2. The van der Waals surface area contributed by atoms with Crippen molar-refractivity contribution in [3.8, 4) is 22.8 Å². The van der Waals surface area contributed by atoms with Gasteiger partial charge in [-0.05, 0) is 74.1 Å². The van der Waals surface area contributed by atoms with Gasteiger partial charge in [0.2, 0.25) is 0 Å². The van der Waals surface area contributed by atoms with Crippen molar-refractivity contribution in [2.75, 3.05) is 18.0 Å². The minimum Gasteiger partial charge on any atom is -0.481 e. The van der Waals surface area contributed by atoms with Crippen molar-refractivity contribution >= 4 is 11.8 Å². The Morgan fingerprint density at radius 3 is 2.47 bits per heavy atom. The topological polar surface area (TPSA) is 95.0 Å². The molecule has 1 aromatic carbocycles. The van der Waals surface area contributed by atoms with Gasteiger partial charge in [-0.2, -0.15) is 18.3 Å². The number of nitrogens with one attached hydrogen (secondary N) is 1. The summed E-state index contributed by atoms with van der Waals surface area (Å²) in [6.07, 6.45) is 3.91. The van der Waals surface area contributed by atoms with Crippen LogP contribution in [0.5, 0.6) is 0 Å². The Morgan fingerprint density at radius 1 is 1.08 bits per heavy atom. The van der Waals surface area contributed by atoms with Gasteiger partial charge >= 0.3 is 12.1 Å². The number of anilines is 1. The number of aromatic amines is 1. The number of pyridine rings is 1. The van der Waals surface area contributed by atoms with Gasteiger partial charge in [0.15, 0.2) is 11.6 Å². The van der Waals surface area contributed by atoms with Crippen molar-refractivity contribution in [3.05, 3.63) is 48.2 Å². The van der Waals surface area contributed by atoms with Crippen LogP contribution in [0.2, 0.25) is 0 Å². The van der Waals surface area contributed by atoms with Crippen molar-refractivity contribution in [2.45, 2.75) is 51.1 Å². The third kappa shape index (κ3) is 5.22. The fraction of sp³-hybridized carbons (Fsp3) is 0.462. The van der Waals surface area contributed by atoms with Gasteiger partial charge in [0.25, 0.3) is 0 Å². The summed E-state index contributed by atoms with van der Waals surface area (Å²) < 4.78 is 39.1. The Balaban J connectivity index is 1.21. The lowest BCUT2D eigenvalue weighted by atomic mass is 9.65. The molecular formula is C26H28F3N5O2. The van der Waals surface area contributed by atoms with Crippen molar-refractivity contribution in [1.82, 2.24) is 20.2 Å². The highest BCUT2D eigenvalue weighted by molar-refractivity contribution is 5.67. The Bertz CT molecular complexity index is 1210. The summed E-state index contributed by atoms with van der Waals surface area (Å²) in [7, 11) is 0. The molecule has 0 unspecified atom stereocenters. The highest BCUT2D eigenvalue weighted by atomic mass is 19.4. The van der Waals surface area contributed by atoms with Crippen LogP contribution in [-0.2, 0) is 11.0 Å². The fourth-order valence-corrected chi connectivity index (χ4v) is 5.52. The minimum atomic E-state index is -4.42. The number of rotatable bonds is 5. The molecule has 2 fully saturated rings. The van der Waals surface area contributed by atoms with Crippen LogP contribution in [0, 0.1) is 11.3 Å². The number of nitrogens with zero attached hydrogens (tertiary/aromatic N) is 4. The van der Waals surface area contributed by atoms with Crippen LogP contribution in [0.3, 0.4) is 0 Å². The Labute approximate surface area is 206 Å². The Hall–Kier alpha value is -3.43. The molecule has 0 radical (unpaired) electrons. The average Bonchev–Trinajstić information content (AvgIpc) is 3.36. The first-order chi connectivity index (χ1) is 17.2. The molecule has 1 aliphatic heterocycles. The molecule has 1 saturated carbocycles. The van der Waals surface area contributed by atoms with E-state index in [9.17, 15) is 18.0 Å². The van der Waals surface area contributed by atoms with Crippen molar-refractivity contribution < 1.29 is 23.1 Å². The third-order valence-electron chi connectivity index (χ3n) is 7.73. The second-order valence-electron chi connectivity index (χ2n) is 10.0. The van der Waals surface area contributed by atoms with Crippen LogP contribution in [0.4, 0.5) is 19.0 Å².